The summed E-state index contributed by atoms with van der Waals surface area (Å²) < 4.78 is 25.0. The highest BCUT2D eigenvalue weighted by Crippen LogP contribution is 2.33. The van der Waals surface area contributed by atoms with Crippen LogP contribution in [0, 0.1) is 5.82 Å². The van der Waals surface area contributed by atoms with Crippen LogP contribution in [0.5, 0.6) is 11.5 Å². The van der Waals surface area contributed by atoms with Gasteiger partial charge < -0.3 is 20.1 Å². The van der Waals surface area contributed by atoms with Crippen molar-refractivity contribution >= 4 is 17.5 Å². The molecule has 0 saturated carbocycles. The third-order valence-electron chi connectivity index (χ3n) is 4.13. The Morgan fingerprint density at radius 1 is 1.10 bits per heavy atom. The fourth-order valence-electron chi connectivity index (χ4n) is 2.84. The highest BCUT2D eigenvalue weighted by atomic mass is 35.5. The molecule has 1 amide bonds. The molecule has 2 aromatic rings. The van der Waals surface area contributed by atoms with Gasteiger partial charge in [-0.3, -0.25) is 4.79 Å². The molecule has 0 spiro atoms. The van der Waals surface area contributed by atoms with Crippen molar-refractivity contribution in [2.75, 3.05) is 19.8 Å². The summed E-state index contributed by atoms with van der Waals surface area (Å²) in [6.45, 7) is 9.01. The number of ether oxygens (including phenoxy) is 2. The molecule has 0 fully saturated rings. The number of nitrogens with one attached hydrogen (secondary N) is 2. The van der Waals surface area contributed by atoms with Crippen LogP contribution in [0.25, 0.3) is 0 Å². The zero-order valence-corrected chi connectivity index (χ0v) is 18.7. The average Bonchev–Trinajstić information content (AvgIpc) is 2.66. The van der Waals surface area contributed by atoms with E-state index in [1.807, 2.05) is 33.8 Å². The van der Waals surface area contributed by atoms with Gasteiger partial charge in [-0.25, -0.2) is 4.39 Å². The topological polar surface area (TPSA) is 59.6 Å². The minimum Gasteiger partial charge on any atom is -0.490 e. The average molecular weight is 437 g/mol. The normalized spacial score (nSPS) is 11.3. The second-order valence-corrected chi connectivity index (χ2v) is 8.34. The maximum atomic E-state index is 13.7. The lowest BCUT2D eigenvalue weighted by molar-refractivity contribution is -0.124. The predicted molar refractivity (Wildman–Crippen MR) is 118 cm³/mol. The molecule has 7 heteroatoms. The third-order valence-corrected chi connectivity index (χ3v) is 4.48. The molecule has 0 bridgehead atoms. The number of benzene rings is 2. The summed E-state index contributed by atoms with van der Waals surface area (Å²) in [6, 6.07) is 10.2. The fourth-order valence-corrected chi connectivity index (χ4v) is 3.06. The Morgan fingerprint density at radius 2 is 1.80 bits per heavy atom. The molecule has 0 aliphatic carbocycles. The number of carbonyl (C=O) groups excluding carboxylic acids is 1. The lowest BCUT2D eigenvalue weighted by Crippen LogP contribution is -2.43. The molecule has 0 atom stereocenters. The van der Waals surface area contributed by atoms with Gasteiger partial charge in [-0.2, -0.15) is 0 Å². The van der Waals surface area contributed by atoms with E-state index in [4.69, 9.17) is 21.1 Å². The number of halogens is 2. The van der Waals surface area contributed by atoms with E-state index in [0.717, 1.165) is 5.56 Å². The van der Waals surface area contributed by atoms with Gasteiger partial charge in [0.2, 0.25) is 0 Å². The molecule has 164 valence electrons. The van der Waals surface area contributed by atoms with Crippen LogP contribution in [0.1, 0.15) is 38.8 Å². The van der Waals surface area contributed by atoms with E-state index < -0.39 is 0 Å². The smallest absolute Gasteiger partial charge is 0.258 e. The van der Waals surface area contributed by atoms with E-state index >= 15 is 0 Å². The molecule has 0 aliphatic rings. The van der Waals surface area contributed by atoms with Crippen molar-refractivity contribution in [3.8, 4) is 11.5 Å². The minimum atomic E-state index is -0.334. The molecule has 0 radical (unpaired) electrons. The standard InChI is InChI=1S/C23H30ClFN2O3/c1-5-29-20-12-17(14-26-11-10-16-8-6-7-9-19(16)25)18(24)13-21(20)30-15-22(28)27-23(2,3)4/h6-9,12-13,26H,5,10-11,14-15H2,1-4H3,(H,27,28). The van der Waals surface area contributed by atoms with E-state index in [1.54, 1.807) is 24.3 Å². The number of carbonyl (C=O) groups is 1. The summed E-state index contributed by atoms with van der Waals surface area (Å²) in [5, 5.41) is 6.62. The van der Waals surface area contributed by atoms with Crippen LogP contribution in [0.3, 0.4) is 0 Å². The van der Waals surface area contributed by atoms with Crippen LogP contribution < -0.4 is 20.1 Å². The molecular weight excluding hydrogens is 407 g/mol. The second-order valence-electron chi connectivity index (χ2n) is 7.93. The van der Waals surface area contributed by atoms with Gasteiger partial charge in [0.15, 0.2) is 18.1 Å². The molecule has 2 aromatic carbocycles. The van der Waals surface area contributed by atoms with Gasteiger partial charge in [0, 0.05) is 23.2 Å². The Kier molecular flexibility index (Phi) is 8.93. The van der Waals surface area contributed by atoms with Crippen molar-refractivity contribution in [2.45, 2.75) is 46.2 Å². The summed E-state index contributed by atoms with van der Waals surface area (Å²) in [6.07, 6.45) is 0.576. The van der Waals surface area contributed by atoms with E-state index in [1.165, 1.54) is 6.07 Å². The van der Waals surface area contributed by atoms with Crippen LogP contribution in [0.2, 0.25) is 5.02 Å². The molecule has 0 unspecified atom stereocenters. The number of hydrogen-bond acceptors (Lipinski definition) is 4. The Labute approximate surface area is 182 Å². The first-order valence-corrected chi connectivity index (χ1v) is 10.4. The first kappa shape index (κ1) is 24.0. The Morgan fingerprint density at radius 3 is 2.47 bits per heavy atom. The Bertz CT molecular complexity index is 853. The van der Waals surface area contributed by atoms with Crippen molar-refractivity contribution in [1.82, 2.24) is 10.6 Å². The van der Waals surface area contributed by atoms with E-state index in [9.17, 15) is 9.18 Å². The first-order chi connectivity index (χ1) is 14.2. The summed E-state index contributed by atoms with van der Waals surface area (Å²) in [5.74, 6) is 0.519. The molecule has 0 saturated heterocycles. The van der Waals surface area contributed by atoms with Gasteiger partial charge in [0.05, 0.1) is 6.61 Å². The molecule has 5 nitrogen and oxygen atoms in total. The van der Waals surface area contributed by atoms with Crippen molar-refractivity contribution in [3.63, 3.8) is 0 Å². The molecule has 0 heterocycles. The van der Waals surface area contributed by atoms with Crippen LogP contribution in [-0.4, -0.2) is 31.2 Å². The van der Waals surface area contributed by atoms with E-state index in [0.29, 0.717) is 48.2 Å². The predicted octanol–water partition coefficient (Wildman–Crippen LogP) is 4.50. The van der Waals surface area contributed by atoms with Crippen molar-refractivity contribution in [1.29, 1.82) is 0 Å². The summed E-state index contributed by atoms with van der Waals surface area (Å²) >= 11 is 6.41. The Hall–Kier alpha value is -2.31. The van der Waals surface area contributed by atoms with Gasteiger partial charge in [-0.1, -0.05) is 29.8 Å². The monoisotopic (exact) mass is 436 g/mol. The van der Waals surface area contributed by atoms with Crippen molar-refractivity contribution in [3.05, 3.63) is 58.4 Å². The van der Waals surface area contributed by atoms with Crippen LogP contribution in [-0.2, 0) is 17.8 Å². The second kappa shape index (κ2) is 11.2. The zero-order valence-electron chi connectivity index (χ0n) is 18.0. The molecule has 30 heavy (non-hydrogen) atoms. The first-order valence-electron chi connectivity index (χ1n) is 10.0. The maximum Gasteiger partial charge on any atom is 0.258 e. The summed E-state index contributed by atoms with van der Waals surface area (Å²) in [4.78, 5) is 12.0. The van der Waals surface area contributed by atoms with Crippen molar-refractivity contribution < 1.29 is 18.7 Å². The molecular formula is C23H30ClFN2O3. The summed E-state index contributed by atoms with van der Waals surface area (Å²) in [5.41, 5.74) is 1.17. The van der Waals surface area contributed by atoms with Gasteiger partial charge >= 0.3 is 0 Å². The lowest BCUT2D eigenvalue weighted by atomic mass is 10.1. The number of rotatable bonds is 10. The molecule has 2 N–H and O–H groups in total. The molecule has 0 aromatic heterocycles. The van der Waals surface area contributed by atoms with Gasteiger partial charge in [0.1, 0.15) is 5.82 Å². The maximum absolute atomic E-state index is 13.7. The van der Waals surface area contributed by atoms with Crippen molar-refractivity contribution in [2.24, 2.45) is 0 Å². The minimum absolute atomic E-state index is 0.131. The Balaban J connectivity index is 1.97. The van der Waals surface area contributed by atoms with E-state index in [-0.39, 0.29) is 23.9 Å². The van der Waals surface area contributed by atoms with Crippen LogP contribution >= 0.6 is 11.6 Å². The van der Waals surface area contributed by atoms with Gasteiger partial charge in [-0.05, 0) is 63.9 Å². The van der Waals surface area contributed by atoms with Crippen LogP contribution in [0.4, 0.5) is 4.39 Å². The van der Waals surface area contributed by atoms with Gasteiger partial charge in [-0.15, -0.1) is 0 Å². The van der Waals surface area contributed by atoms with Gasteiger partial charge in [0.25, 0.3) is 5.91 Å². The lowest BCUT2D eigenvalue weighted by Gasteiger charge is -2.21. The third kappa shape index (κ3) is 7.84. The number of amides is 1. The SMILES string of the molecule is CCOc1cc(CNCCc2ccccc2F)c(Cl)cc1OCC(=O)NC(C)(C)C. The largest absolute Gasteiger partial charge is 0.490 e. The highest BCUT2D eigenvalue weighted by Gasteiger charge is 2.16. The van der Waals surface area contributed by atoms with Crippen LogP contribution in [0.15, 0.2) is 36.4 Å². The molecule has 2 rings (SSSR count). The zero-order chi connectivity index (χ0) is 22.1. The summed E-state index contributed by atoms with van der Waals surface area (Å²) in [7, 11) is 0. The van der Waals surface area contributed by atoms with E-state index in [2.05, 4.69) is 10.6 Å². The number of hydrogen-bond donors (Lipinski definition) is 2. The molecule has 0 aliphatic heterocycles. The fraction of sp³-hybridized carbons (Fsp3) is 0.435. The quantitative estimate of drug-likeness (QED) is 0.538. The highest BCUT2D eigenvalue weighted by molar-refractivity contribution is 6.31.